The second-order valence-corrected chi connectivity index (χ2v) is 14.6. The standard InChI is InChI=1S/C23H39NO3Si/c1-10-11-17-19(27-28(8,9)23(5,6)7)20(18-15-13-12-14-16-18)24-21(25)26-22(2,3)4/h10,12-16,19-20H,1,11,17H2,2-9H3,(H,24,25)/t19-,20-/m1/s1. The average Bonchev–Trinajstić information content (AvgIpc) is 2.54. The fourth-order valence-electron chi connectivity index (χ4n) is 2.62. The van der Waals surface area contributed by atoms with Gasteiger partial charge in [-0.15, -0.1) is 6.58 Å². The predicted octanol–water partition coefficient (Wildman–Crippen LogP) is 6.61. The summed E-state index contributed by atoms with van der Waals surface area (Å²) in [6.45, 7) is 20.6. The second-order valence-electron chi connectivity index (χ2n) is 9.82. The monoisotopic (exact) mass is 405 g/mol. The summed E-state index contributed by atoms with van der Waals surface area (Å²) in [6, 6.07) is 9.70. The molecule has 1 amide bonds. The molecule has 0 bridgehead atoms. The van der Waals surface area contributed by atoms with Gasteiger partial charge in [-0.3, -0.25) is 0 Å². The number of rotatable bonds is 8. The Morgan fingerprint density at radius 3 is 2.18 bits per heavy atom. The molecule has 0 radical (unpaired) electrons. The molecule has 0 aliphatic rings. The van der Waals surface area contributed by atoms with Crippen LogP contribution >= 0.6 is 0 Å². The van der Waals surface area contributed by atoms with Gasteiger partial charge in [-0.05, 0) is 57.3 Å². The molecule has 0 heterocycles. The van der Waals surface area contributed by atoms with E-state index in [0.717, 1.165) is 18.4 Å². The summed E-state index contributed by atoms with van der Waals surface area (Å²) in [5.74, 6) is 0. The normalized spacial score (nSPS) is 14.9. The zero-order valence-corrected chi connectivity index (χ0v) is 20.0. The third-order valence-electron chi connectivity index (χ3n) is 5.11. The highest BCUT2D eigenvalue weighted by atomic mass is 28.4. The van der Waals surface area contributed by atoms with Crippen LogP contribution in [0.5, 0.6) is 0 Å². The van der Waals surface area contributed by atoms with E-state index in [9.17, 15) is 4.79 Å². The first-order valence-electron chi connectivity index (χ1n) is 10.1. The molecule has 2 atom stereocenters. The maximum atomic E-state index is 12.6. The number of benzene rings is 1. The van der Waals surface area contributed by atoms with E-state index >= 15 is 0 Å². The summed E-state index contributed by atoms with van der Waals surface area (Å²) in [5.41, 5.74) is 0.462. The van der Waals surface area contributed by atoms with Gasteiger partial charge >= 0.3 is 6.09 Å². The van der Waals surface area contributed by atoms with Gasteiger partial charge in [0.2, 0.25) is 0 Å². The van der Waals surface area contributed by atoms with E-state index in [4.69, 9.17) is 9.16 Å². The van der Waals surface area contributed by atoms with Gasteiger partial charge in [-0.25, -0.2) is 4.79 Å². The molecule has 5 heteroatoms. The average molecular weight is 406 g/mol. The number of alkyl carbamates (subject to hydrolysis) is 1. The van der Waals surface area contributed by atoms with Gasteiger partial charge in [0.15, 0.2) is 8.32 Å². The van der Waals surface area contributed by atoms with E-state index in [2.05, 4.69) is 45.8 Å². The lowest BCUT2D eigenvalue weighted by molar-refractivity contribution is 0.0425. The van der Waals surface area contributed by atoms with Gasteiger partial charge in [0.1, 0.15) is 5.60 Å². The van der Waals surface area contributed by atoms with Gasteiger partial charge < -0.3 is 14.5 Å². The van der Waals surface area contributed by atoms with E-state index < -0.39 is 20.0 Å². The van der Waals surface area contributed by atoms with Crippen molar-refractivity contribution in [1.82, 2.24) is 5.32 Å². The van der Waals surface area contributed by atoms with E-state index in [-0.39, 0.29) is 17.2 Å². The van der Waals surface area contributed by atoms with Crippen molar-refractivity contribution < 1.29 is 14.0 Å². The van der Waals surface area contributed by atoms with Crippen LogP contribution in [0.4, 0.5) is 4.79 Å². The zero-order chi connectivity index (χ0) is 21.6. The Morgan fingerprint density at radius 2 is 1.71 bits per heavy atom. The van der Waals surface area contributed by atoms with Crippen LogP contribution in [0.15, 0.2) is 43.0 Å². The molecule has 0 aromatic heterocycles. The number of hydrogen-bond acceptors (Lipinski definition) is 3. The highest BCUT2D eigenvalue weighted by Crippen LogP contribution is 2.39. The van der Waals surface area contributed by atoms with Crippen molar-refractivity contribution in [3.8, 4) is 0 Å². The van der Waals surface area contributed by atoms with Crippen LogP contribution < -0.4 is 5.32 Å². The number of amides is 1. The van der Waals surface area contributed by atoms with Gasteiger partial charge in [0.05, 0.1) is 12.1 Å². The van der Waals surface area contributed by atoms with E-state index in [0.29, 0.717) is 0 Å². The third kappa shape index (κ3) is 7.80. The van der Waals surface area contributed by atoms with E-state index in [1.165, 1.54) is 0 Å². The molecule has 0 fully saturated rings. The molecule has 1 N–H and O–H groups in total. The number of carbonyl (C=O) groups excluding carboxylic acids is 1. The fraction of sp³-hybridized carbons (Fsp3) is 0.609. The highest BCUT2D eigenvalue weighted by molar-refractivity contribution is 6.74. The minimum atomic E-state index is -2.04. The summed E-state index contributed by atoms with van der Waals surface area (Å²) in [4.78, 5) is 12.6. The molecule has 0 saturated carbocycles. The largest absolute Gasteiger partial charge is 0.444 e. The third-order valence-corrected chi connectivity index (χ3v) is 9.61. The number of hydrogen-bond donors (Lipinski definition) is 1. The Bertz CT molecular complexity index is 629. The van der Waals surface area contributed by atoms with Gasteiger partial charge in [-0.1, -0.05) is 57.2 Å². The SMILES string of the molecule is C=CCC[C@@H](O[Si](C)(C)C(C)(C)C)[C@H](NC(=O)OC(C)(C)C)c1ccccc1. The molecule has 0 unspecified atom stereocenters. The van der Waals surface area contributed by atoms with Crippen molar-refractivity contribution in [2.75, 3.05) is 0 Å². The van der Waals surface area contributed by atoms with Crippen LogP contribution in [-0.2, 0) is 9.16 Å². The van der Waals surface area contributed by atoms with Crippen LogP contribution in [0.2, 0.25) is 18.1 Å². The molecule has 158 valence electrons. The molecular formula is C23H39NO3Si. The minimum Gasteiger partial charge on any atom is -0.444 e. The maximum Gasteiger partial charge on any atom is 0.408 e. The Hall–Kier alpha value is -1.59. The lowest BCUT2D eigenvalue weighted by atomic mass is 9.98. The second kappa shape index (κ2) is 9.75. The molecule has 4 nitrogen and oxygen atoms in total. The number of allylic oxidation sites excluding steroid dienone is 1. The fourth-order valence-corrected chi connectivity index (χ4v) is 3.98. The summed E-state index contributed by atoms with van der Waals surface area (Å²) in [7, 11) is -2.04. The van der Waals surface area contributed by atoms with Crippen LogP contribution in [0.3, 0.4) is 0 Å². The zero-order valence-electron chi connectivity index (χ0n) is 19.0. The van der Waals surface area contributed by atoms with Crippen LogP contribution in [0.25, 0.3) is 0 Å². The van der Waals surface area contributed by atoms with Crippen molar-refractivity contribution in [3.05, 3.63) is 48.6 Å². The number of nitrogens with one attached hydrogen (secondary N) is 1. The summed E-state index contributed by atoms with van der Waals surface area (Å²) in [6.07, 6.45) is 2.92. The summed E-state index contributed by atoms with van der Waals surface area (Å²) in [5, 5.41) is 3.15. The first-order valence-corrected chi connectivity index (χ1v) is 13.0. The van der Waals surface area contributed by atoms with Gasteiger partial charge in [0, 0.05) is 0 Å². The summed E-state index contributed by atoms with van der Waals surface area (Å²) < 4.78 is 12.3. The topological polar surface area (TPSA) is 47.6 Å². The van der Waals surface area contributed by atoms with E-state index in [1.807, 2.05) is 57.2 Å². The number of ether oxygens (including phenoxy) is 1. The Labute approximate surface area is 172 Å². The molecule has 0 spiro atoms. The lowest BCUT2D eigenvalue weighted by Crippen LogP contribution is -2.48. The van der Waals surface area contributed by atoms with Crippen molar-refractivity contribution >= 4 is 14.4 Å². The number of carbonyl (C=O) groups is 1. The van der Waals surface area contributed by atoms with Crippen LogP contribution in [0.1, 0.15) is 66.0 Å². The van der Waals surface area contributed by atoms with Gasteiger partial charge in [0.25, 0.3) is 0 Å². The smallest absolute Gasteiger partial charge is 0.408 e. The van der Waals surface area contributed by atoms with Gasteiger partial charge in [-0.2, -0.15) is 0 Å². The molecular weight excluding hydrogens is 366 g/mol. The predicted molar refractivity (Wildman–Crippen MR) is 120 cm³/mol. The highest BCUT2D eigenvalue weighted by Gasteiger charge is 2.41. The molecule has 0 aliphatic heterocycles. The molecule has 0 saturated heterocycles. The molecule has 0 aliphatic carbocycles. The van der Waals surface area contributed by atoms with Crippen molar-refractivity contribution in [1.29, 1.82) is 0 Å². The van der Waals surface area contributed by atoms with E-state index in [1.54, 1.807) is 0 Å². The summed E-state index contributed by atoms with van der Waals surface area (Å²) >= 11 is 0. The Balaban J connectivity index is 3.22. The van der Waals surface area contributed by atoms with Crippen molar-refractivity contribution in [3.63, 3.8) is 0 Å². The Morgan fingerprint density at radius 1 is 1.14 bits per heavy atom. The van der Waals surface area contributed by atoms with Crippen molar-refractivity contribution in [2.45, 2.75) is 90.3 Å². The first-order chi connectivity index (χ1) is 12.8. The molecule has 1 rings (SSSR count). The van der Waals surface area contributed by atoms with Crippen LogP contribution in [0, 0.1) is 0 Å². The quantitative estimate of drug-likeness (QED) is 0.391. The molecule has 28 heavy (non-hydrogen) atoms. The molecule has 1 aromatic rings. The first kappa shape index (κ1) is 24.4. The lowest BCUT2D eigenvalue weighted by Gasteiger charge is -2.41. The maximum absolute atomic E-state index is 12.6. The van der Waals surface area contributed by atoms with Crippen LogP contribution in [-0.4, -0.2) is 26.1 Å². The van der Waals surface area contributed by atoms with Crippen molar-refractivity contribution in [2.24, 2.45) is 0 Å². The Kier molecular flexibility index (Phi) is 8.51. The molecule has 1 aromatic carbocycles. The minimum absolute atomic E-state index is 0.0760.